The Hall–Kier alpha value is -1.34. The van der Waals surface area contributed by atoms with Crippen molar-refractivity contribution in [2.24, 2.45) is 0 Å². The largest absolute Gasteiger partial charge is 0.373 e. The van der Waals surface area contributed by atoms with E-state index in [1.807, 2.05) is 0 Å². The molecule has 3 nitrogen and oxygen atoms in total. The molecule has 0 saturated heterocycles. The second-order valence-corrected chi connectivity index (χ2v) is 2.00. The quantitative estimate of drug-likeness (QED) is 0.642. The minimum Gasteiger partial charge on any atom is -0.354 e. The highest BCUT2D eigenvalue weighted by Crippen LogP contribution is 1.90. The van der Waals surface area contributed by atoms with Gasteiger partial charge >= 0.3 is 6.15 Å². The number of nitrogens with zero attached hydrogens (tertiary/aromatic N) is 1. The zero-order chi connectivity index (χ0) is 8.53. The van der Waals surface area contributed by atoms with Gasteiger partial charge in [-0.2, -0.15) is 9.59 Å². The molecular formula is C8H11NO2. The van der Waals surface area contributed by atoms with Gasteiger partial charge in [0.1, 0.15) is 0 Å². The Kier molecular flexibility index (Phi) is 5.95. The number of rotatable bonds is 2. The van der Waals surface area contributed by atoms with E-state index in [9.17, 15) is 0 Å². The van der Waals surface area contributed by atoms with E-state index in [0.29, 0.717) is 0 Å². The van der Waals surface area contributed by atoms with Crippen molar-refractivity contribution in [1.82, 2.24) is 4.57 Å². The molecule has 1 aromatic rings. The Morgan fingerprint density at radius 1 is 1.27 bits per heavy atom. The van der Waals surface area contributed by atoms with Crippen LogP contribution in [0.15, 0.2) is 24.5 Å². The number of hydrogen-bond donors (Lipinski definition) is 0. The first kappa shape index (κ1) is 9.66. The Bertz CT molecular complexity index is 198. The molecule has 0 unspecified atom stereocenters. The van der Waals surface area contributed by atoms with Crippen LogP contribution in [0.25, 0.3) is 0 Å². The molecule has 0 N–H and O–H groups in total. The number of aromatic nitrogens is 1. The monoisotopic (exact) mass is 153 g/mol. The third kappa shape index (κ3) is 5.12. The summed E-state index contributed by atoms with van der Waals surface area (Å²) in [5.74, 6) is 0. The van der Waals surface area contributed by atoms with Gasteiger partial charge in [0.25, 0.3) is 0 Å². The van der Waals surface area contributed by atoms with Crippen LogP contribution in [0.1, 0.15) is 13.3 Å². The molecule has 0 saturated carbocycles. The summed E-state index contributed by atoms with van der Waals surface area (Å²) in [6, 6.07) is 4.10. The fourth-order valence-electron chi connectivity index (χ4n) is 0.777. The molecule has 0 amide bonds. The fraction of sp³-hybridized carbons (Fsp3) is 0.375. The van der Waals surface area contributed by atoms with Gasteiger partial charge in [0.05, 0.1) is 0 Å². The molecule has 0 bridgehead atoms. The molecule has 0 aliphatic rings. The summed E-state index contributed by atoms with van der Waals surface area (Å²) >= 11 is 0. The molecule has 0 radical (unpaired) electrons. The Morgan fingerprint density at radius 3 is 2.09 bits per heavy atom. The van der Waals surface area contributed by atoms with Gasteiger partial charge in [-0.25, -0.2) is 0 Å². The minimum absolute atomic E-state index is 0.250. The van der Waals surface area contributed by atoms with E-state index in [1.165, 1.54) is 6.42 Å². The molecule has 11 heavy (non-hydrogen) atoms. The molecule has 0 atom stereocenters. The molecule has 0 spiro atoms. The average molecular weight is 153 g/mol. The van der Waals surface area contributed by atoms with E-state index in [-0.39, 0.29) is 6.15 Å². The number of hydrogen-bond acceptors (Lipinski definition) is 2. The first-order chi connectivity index (χ1) is 5.35. The number of aryl methyl sites for hydroxylation is 1. The van der Waals surface area contributed by atoms with Gasteiger partial charge in [-0.05, 0) is 18.6 Å². The van der Waals surface area contributed by atoms with E-state index in [1.54, 1.807) is 0 Å². The van der Waals surface area contributed by atoms with Crippen molar-refractivity contribution in [2.75, 3.05) is 0 Å². The van der Waals surface area contributed by atoms with Crippen molar-refractivity contribution in [3.8, 4) is 0 Å². The summed E-state index contributed by atoms with van der Waals surface area (Å²) in [5, 5.41) is 0. The minimum atomic E-state index is 0.250. The van der Waals surface area contributed by atoms with Crippen LogP contribution in [0.5, 0.6) is 0 Å². The lowest BCUT2D eigenvalue weighted by molar-refractivity contribution is -0.191. The molecule has 60 valence electrons. The highest BCUT2D eigenvalue weighted by Gasteiger charge is 1.80. The van der Waals surface area contributed by atoms with Crippen molar-refractivity contribution in [3.63, 3.8) is 0 Å². The van der Waals surface area contributed by atoms with Crippen molar-refractivity contribution in [3.05, 3.63) is 24.5 Å². The van der Waals surface area contributed by atoms with Crippen LogP contribution in [0.3, 0.4) is 0 Å². The van der Waals surface area contributed by atoms with E-state index >= 15 is 0 Å². The van der Waals surface area contributed by atoms with E-state index < -0.39 is 0 Å². The third-order valence-electron chi connectivity index (χ3n) is 1.15. The molecule has 1 heterocycles. The van der Waals surface area contributed by atoms with Crippen LogP contribution in [0, 0.1) is 0 Å². The topological polar surface area (TPSA) is 39.1 Å². The van der Waals surface area contributed by atoms with Crippen LogP contribution in [0.4, 0.5) is 0 Å². The normalized spacial score (nSPS) is 7.73. The van der Waals surface area contributed by atoms with Crippen LogP contribution in [-0.2, 0) is 16.1 Å². The Morgan fingerprint density at radius 2 is 1.73 bits per heavy atom. The molecule has 0 aromatic carbocycles. The average Bonchev–Trinajstić information content (AvgIpc) is 2.42. The van der Waals surface area contributed by atoms with E-state index in [0.717, 1.165) is 6.54 Å². The molecule has 0 fully saturated rings. The predicted octanol–water partition coefficient (Wildman–Crippen LogP) is 1.31. The third-order valence-corrected chi connectivity index (χ3v) is 1.15. The van der Waals surface area contributed by atoms with Crippen LogP contribution < -0.4 is 0 Å². The van der Waals surface area contributed by atoms with Gasteiger partial charge in [-0.1, -0.05) is 6.92 Å². The Labute approximate surface area is 65.6 Å². The van der Waals surface area contributed by atoms with Crippen LogP contribution >= 0.6 is 0 Å². The maximum absolute atomic E-state index is 8.12. The molecular weight excluding hydrogens is 142 g/mol. The molecule has 0 aliphatic heterocycles. The van der Waals surface area contributed by atoms with Crippen molar-refractivity contribution >= 4 is 6.15 Å². The zero-order valence-corrected chi connectivity index (χ0v) is 6.49. The maximum atomic E-state index is 8.12. The van der Waals surface area contributed by atoms with Gasteiger partial charge in [0, 0.05) is 18.9 Å². The lowest BCUT2D eigenvalue weighted by Gasteiger charge is -1.94. The molecule has 0 aliphatic carbocycles. The fourth-order valence-corrected chi connectivity index (χ4v) is 0.777. The van der Waals surface area contributed by atoms with Crippen LogP contribution in [-0.4, -0.2) is 10.7 Å². The molecule has 1 aromatic heterocycles. The van der Waals surface area contributed by atoms with Crippen molar-refractivity contribution in [1.29, 1.82) is 0 Å². The van der Waals surface area contributed by atoms with Crippen molar-refractivity contribution in [2.45, 2.75) is 19.9 Å². The summed E-state index contributed by atoms with van der Waals surface area (Å²) in [4.78, 5) is 16.2. The van der Waals surface area contributed by atoms with Gasteiger partial charge < -0.3 is 4.57 Å². The predicted molar refractivity (Wildman–Crippen MR) is 39.7 cm³/mol. The second kappa shape index (κ2) is 6.78. The zero-order valence-electron chi connectivity index (χ0n) is 6.49. The summed E-state index contributed by atoms with van der Waals surface area (Å²) in [6.45, 7) is 3.33. The number of carbonyl (C=O) groups excluding carboxylic acids is 2. The Balaban J connectivity index is 0.000000292. The highest BCUT2D eigenvalue weighted by molar-refractivity contribution is 5.20. The van der Waals surface area contributed by atoms with E-state index in [2.05, 4.69) is 36.0 Å². The molecule has 3 heteroatoms. The van der Waals surface area contributed by atoms with Gasteiger partial charge in [-0.3, -0.25) is 0 Å². The second-order valence-electron chi connectivity index (χ2n) is 2.00. The lowest BCUT2D eigenvalue weighted by atomic mass is 10.5. The lowest BCUT2D eigenvalue weighted by Crippen LogP contribution is -1.89. The van der Waals surface area contributed by atoms with E-state index in [4.69, 9.17) is 9.59 Å². The van der Waals surface area contributed by atoms with Gasteiger partial charge in [0.2, 0.25) is 0 Å². The van der Waals surface area contributed by atoms with Crippen LogP contribution in [0.2, 0.25) is 0 Å². The molecule has 1 rings (SSSR count). The smallest absolute Gasteiger partial charge is 0.354 e. The van der Waals surface area contributed by atoms with Gasteiger partial charge in [-0.15, -0.1) is 0 Å². The first-order valence-corrected chi connectivity index (χ1v) is 3.45. The summed E-state index contributed by atoms with van der Waals surface area (Å²) in [6.07, 6.45) is 5.64. The summed E-state index contributed by atoms with van der Waals surface area (Å²) in [7, 11) is 0. The SMILES string of the molecule is CCCn1cccc1.O=C=O. The maximum Gasteiger partial charge on any atom is 0.373 e. The van der Waals surface area contributed by atoms with Crippen molar-refractivity contribution < 1.29 is 9.59 Å². The first-order valence-electron chi connectivity index (χ1n) is 3.45. The summed E-state index contributed by atoms with van der Waals surface area (Å²) in [5.41, 5.74) is 0. The summed E-state index contributed by atoms with van der Waals surface area (Å²) < 4.78 is 2.18. The highest BCUT2D eigenvalue weighted by atomic mass is 16.2. The standard InChI is InChI=1S/C7H11N.CO2/c1-2-5-8-6-3-4-7-8;2-1-3/h3-4,6-7H,2,5H2,1H3;. The van der Waals surface area contributed by atoms with Gasteiger partial charge in [0.15, 0.2) is 0 Å².